The van der Waals surface area contributed by atoms with E-state index in [9.17, 15) is 4.79 Å². The van der Waals surface area contributed by atoms with Crippen LogP contribution < -0.4 is 10.1 Å². The van der Waals surface area contributed by atoms with Crippen molar-refractivity contribution in [2.24, 2.45) is 0 Å². The molecule has 1 atom stereocenters. The second kappa shape index (κ2) is 10.7. The number of anilines is 1. The van der Waals surface area contributed by atoms with Crippen molar-refractivity contribution in [3.8, 4) is 5.75 Å². The smallest absolute Gasteiger partial charge is 0.338 e. The number of carbonyl (C=O) groups is 1. The molecular weight excluding hydrogens is 412 g/mol. The van der Waals surface area contributed by atoms with Gasteiger partial charge in [0.05, 0.1) is 18.3 Å². The molecule has 1 unspecified atom stereocenters. The normalized spacial score (nSPS) is 15.6. The number of benzene rings is 1. The fraction of sp³-hybridized carbons (Fsp3) is 0.522. The highest BCUT2D eigenvalue weighted by molar-refractivity contribution is 7.99. The molecule has 0 saturated carbocycles. The van der Waals surface area contributed by atoms with Gasteiger partial charge < -0.3 is 14.8 Å². The Morgan fingerprint density at radius 2 is 1.97 bits per heavy atom. The van der Waals surface area contributed by atoms with E-state index in [0.717, 1.165) is 42.0 Å². The Labute approximate surface area is 188 Å². The van der Waals surface area contributed by atoms with Gasteiger partial charge in [-0.05, 0) is 51.3 Å². The first-order valence-electron chi connectivity index (χ1n) is 10.9. The lowest BCUT2D eigenvalue weighted by Gasteiger charge is -2.28. The summed E-state index contributed by atoms with van der Waals surface area (Å²) in [6.45, 7) is 10.5. The number of hydrogen-bond acceptors (Lipinski definition) is 7. The lowest BCUT2D eigenvalue weighted by molar-refractivity contribution is -0.139. The second-order valence-corrected chi connectivity index (χ2v) is 8.86. The second-order valence-electron chi connectivity index (χ2n) is 7.80. The summed E-state index contributed by atoms with van der Waals surface area (Å²) in [5.41, 5.74) is 2.22. The molecule has 3 rings (SSSR count). The fourth-order valence-corrected chi connectivity index (χ4v) is 4.03. The number of ether oxygens (including phenoxy) is 2. The number of carbonyl (C=O) groups excluding carboxylic acids is 1. The van der Waals surface area contributed by atoms with Gasteiger partial charge in [0.15, 0.2) is 0 Å². The predicted molar refractivity (Wildman–Crippen MR) is 124 cm³/mol. The first-order valence-corrected chi connectivity index (χ1v) is 11.9. The zero-order valence-corrected chi connectivity index (χ0v) is 19.8. The minimum absolute atomic E-state index is 0.0936. The Kier molecular flexibility index (Phi) is 8.01. The van der Waals surface area contributed by atoms with Gasteiger partial charge >= 0.3 is 5.97 Å². The average molecular weight is 445 g/mol. The summed E-state index contributed by atoms with van der Waals surface area (Å²) >= 11 is 1.61. The molecule has 31 heavy (non-hydrogen) atoms. The molecule has 0 saturated heterocycles. The number of unbranched alkanes of at least 4 members (excludes halogenated alkanes) is 1. The average Bonchev–Trinajstić information content (AvgIpc) is 3.13. The van der Waals surface area contributed by atoms with E-state index in [1.54, 1.807) is 16.4 Å². The number of fused-ring (bicyclic) bond motifs is 1. The Morgan fingerprint density at radius 1 is 1.23 bits per heavy atom. The van der Waals surface area contributed by atoms with Crippen LogP contribution in [-0.4, -0.2) is 39.2 Å². The Bertz CT molecular complexity index is 921. The van der Waals surface area contributed by atoms with E-state index in [-0.39, 0.29) is 12.1 Å². The summed E-state index contributed by atoms with van der Waals surface area (Å²) < 4.78 is 13.2. The van der Waals surface area contributed by atoms with Gasteiger partial charge in [-0.1, -0.05) is 44.2 Å². The van der Waals surface area contributed by atoms with Crippen molar-refractivity contribution < 1.29 is 14.3 Å². The van der Waals surface area contributed by atoms with Crippen LogP contribution in [0, 0.1) is 0 Å². The van der Waals surface area contributed by atoms with Gasteiger partial charge in [-0.25, -0.2) is 9.48 Å². The SMILES string of the molecule is CCCCOC(=O)C1=C(C)Nc2nc(SCCC)nn2C1c1ccc(OC(C)C)cc1. The molecule has 1 aliphatic heterocycles. The number of allylic oxidation sites excluding steroid dienone is 1. The highest BCUT2D eigenvalue weighted by Gasteiger charge is 2.35. The number of aromatic nitrogens is 3. The van der Waals surface area contributed by atoms with Gasteiger partial charge in [0, 0.05) is 11.4 Å². The van der Waals surface area contributed by atoms with Crippen molar-refractivity contribution in [2.75, 3.05) is 17.7 Å². The Hall–Kier alpha value is -2.48. The molecule has 1 aliphatic rings. The molecular formula is C23H32N4O3S. The van der Waals surface area contributed by atoms with E-state index >= 15 is 0 Å². The highest BCUT2D eigenvalue weighted by Crippen LogP contribution is 2.37. The lowest BCUT2D eigenvalue weighted by Crippen LogP contribution is -2.29. The summed E-state index contributed by atoms with van der Waals surface area (Å²) in [4.78, 5) is 17.7. The standard InChI is InChI=1S/C23H32N4O3S/c1-6-8-13-29-21(28)19-16(5)24-22-25-23(31-14-7-2)26-27(22)20(19)17-9-11-18(12-10-17)30-15(3)4/h9-12,15,20H,6-8,13-14H2,1-5H3,(H,24,25,26). The maximum absolute atomic E-state index is 13.1. The van der Waals surface area contributed by atoms with Crippen LogP contribution in [-0.2, 0) is 9.53 Å². The quantitative estimate of drug-likeness (QED) is 0.306. The van der Waals surface area contributed by atoms with Crippen LogP contribution in [0.5, 0.6) is 5.75 Å². The van der Waals surface area contributed by atoms with Crippen molar-refractivity contribution >= 4 is 23.7 Å². The number of thioether (sulfide) groups is 1. The van der Waals surface area contributed by atoms with Crippen molar-refractivity contribution in [3.63, 3.8) is 0 Å². The van der Waals surface area contributed by atoms with Crippen LogP contribution in [0.4, 0.5) is 5.95 Å². The summed E-state index contributed by atoms with van der Waals surface area (Å²) in [5.74, 6) is 2.04. The van der Waals surface area contributed by atoms with Gasteiger partial charge in [0.2, 0.25) is 11.1 Å². The molecule has 0 spiro atoms. The van der Waals surface area contributed by atoms with Crippen LogP contribution in [0.25, 0.3) is 0 Å². The Morgan fingerprint density at radius 3 is 2.61 bits per heavy atom. The van der Waals surface area contributed by atoms with E-state index in [2.05, 4.69) is 24.1 Å². The summed E-state index contributed by atoms with van der Waals surface area (Å²) in [6, 6.07) is 7.39. The van der Waals surface area contributed by atoms with E-state index in [1.807, 2.05) is 45.0 Å². The molecule has 2 heterocycles. The summed E-state index contributed by atoms with van der Waals surface area (Å²) in [7, 11) is 0. The number of rotatable bonds is 10. The molecule has 1 N–H and O–H groups in total. The molecule has 0 radical (unpaired) electrons. The van der Waals surface area contributed by atoms with Crippen molar-refractivity contribution in [1.82, 2.24) is 14.8 Å². The van der Waals surface area contributed by atoms with Crippen LogP contribution >= 0.6 is 11.8 Å². The lowest BCUT2D eigenvalue weighted by atomic mass is 9.95. The maximum Gasteiger partial charge on any atom is 0.338 e. The zero-order valence-electron chi connectivity index (χ0n) is 19.0. The molecule has 168 valence electrons. The van der Waals surface area contributed by atoms with Crippen LogP contribution in [0.1, 0.15) is 65.5 Å². The van der Waals surface area contributed by atoms with Crippen LogP contribution in [0.2, 0.25) is 0 Å². The fourth-order valence-electron chi connectivity index (χ4n) is 3.35. The minimum atomic E-state index is -0.415. The molecule has 0 aliphatic carbocycles. The van der Waals surface area contributed by atoms with E-state index in [4.69, 9.17) is 14.6 Å². The monoisotopic (exact) mass is 444 g/mol. The number of nitrogens with zero attached hydrogens (tertiary/aromatic N) is 3. The number of nitrogens with one attached hydrogen (secondary N) is 1. The molecule has 1 aromatic heterocycles. The van der Waals surface area contributed by atoms with Gasteiger partial charge in [-0.2, -0.15) is 4.98 Å². The third kappa shape index (κ3) is 5.61. The van der Waals surface area contributed by atoms with E-state index in [1.165, 1.54) is 0 Å². The summed E-state index contributed by atoms with van der Waals surface area (Å²) in [6.07, 6.45) is 2.94. The van der Waals surface area contributed by atoms with Crippen molar-refractivity contribution in [3.05, 3.63) is 41.1 Å². The molecule has 0 bridgehead atoms. The predicted octanol–water partition coefficient (Wildman–Crippen LogP) is 5.20. The molecule has 2 aromatic rings. The van der Waals surface area contributed by atoms with Crippen molar-refractivity contribution in [1.29, 1.82) is 0 Å². The molecule has 7 nitrogen and oxygen atoms in total. The first kappa shape index (κ1) is 23.2. The molecule has 0 amide bonds. The number of hydrogen-bond donors (Lipinski definition) is 1. The maximum atomic E-state index is 13.1. The Balaban J connectivity index is 1.98. The number of esters is 1. The third-order valence-electron chi connectivity index (χ3n) is 4.79. The zero-order chi connectivity index (χ0) is 22.4. The van der Waals surface area contributed by atoms with Gasteiger partial charge in [0.1, 0.15) is 11.8 Å². The largest absolute Gasteiger partial charge is 0.491 e. The van der Waals surface area contributed by atoms with Gasteiger partial charge in [-0.15, -0.1) is 5.10 Å². The van der Waals surface area contributed by atoms with Crippen molar-refractivity contribution in [2.45, 2.75) is 71.2 Å². The molecule has 0 fully saturated rings. The van der Waals surface area contributed by atoms with Crippen LogP contribution in [0.15, 0.2) is 40.7 Å². The van der Waals surface area contributed by atoms with Gasteiger partial charge in [-0.3, -0.25) is 0 Å². The minimum Gasteiger partial charge on any atom is -0.491 e. The molecule has 8 heteroatoms. The highest BCUT2D eigenvalue weighted by atomic mass is 32.2. The third-order valence-corrected chi connectivity index (χ3v) is 5.83. The summed E-state index contributed by atoms with van der Waals surface area (Å²) in [5, 5.41) is 8.66. The van der Waals surface area contributed by atoms with E-state index < -0.39 is 6.04 Å². The topological polar surface area (TPSA) is 78.3 Å². The van der Waals surface area contributed by atoms with E-state index in [0.29, 0.717) is 23.3 Å². The first-order chi connectivity index (χ1) is 14.9. The molecule has 1 aromatic carbocycles. The van der Waals surface area contributed by atoms with Gasteiger partial charge in [0.25, 0.3) is 0 Å². The van der Waals surface area contributed by atoms with Crippen LogP contribution in [0.3, 0.4) is 0 Å².